The van der Waals surface area contributed by atoms with Crippen LogP contribution in [0.5, 0.6) is 23.0 Å². The molecule has 12 heteroatoms. The summed E-state index contributed by atoms with van der Waals surface area (Å²) in [6.07, 6.45) is 8.12. The monoisotopic (exact) mass is 1180 g/mol. The fourth-order valence-electron chi connectivity index (χ4n) is 11.1. The lowest BCUT2D eigenvalue weighted by Crippen LogP contribution is -2.34. The number of unbranched alkanes of at least 4 members (excludes halogenated alkanes) is 2. The molecule has 10 nitrogen and oxygen atoms in total. The number of fused-ring (bicyclic) bond motifs is 1. The largest absolute Gasteiger partial charge is 0.497 e. The van der Waals surface area contributed by atoms with Crippen LogP contribution in [0.1, 0.15) is 110 Å². The third kappa shape index (κ3) is 13.4. The van der Waals surface area contributed by atoms with E-state index in [2.05, 4.69) is 85.4 Å². The van der Waals surface area contributed by atoms with E-state index in [1.807, 2.05) is 155 Å². The zero-order valence-corrected chi connectivity index (χ0v) is 52.1. The smallest absolute Gasteiger partial charge is 0.261 e. The molecule has 2 amide bonds. The Hall–Kier alpha value is -8.94. The van der Waals surface area contributed by atoms with E-state index in [9.17, 15) is 0 Å². The molecule has 0 bridgehead atoms. The average molecular weight is 1180 g/mol. The molecule has 2 aliphatic heterocycles. The number of rotatable bonds is 24. The van der Waals surface area contributed by atoms with E-state index in [1.165, 1.54) is 22.7 Å². The van der Waals surface area contributed by atoms with Crippen LogP contribution >= 0.6 is 22.7 Å². The van der Waals surface area contributed by atoms with Crippen LogP contribution in [0.3, 0.4) is 0 Å². The second kappa shape index (κ2) is 28.3. The first-order valence-corrected chi connectivity index (χ1v) is 31.5. The highest BCUT2D eigenvalue weighted by atomic mass is 32.1. The summed E-state index contributed by atoms with van der Waals surface area (Å²) in [4.78, 5) is 42.7. The van der Waals surface area contributed by atoms with Crippen molar-refractivity contribution in [1.29, 1.82) is 0 Å². The van der Waals surface area contributed by atoms with E-state index in [4.69, 9.17) is 18.9 Å². The van der Waals surface area contributed by atoms with E-state index in [0.29, 0.717) is 35.6 Å². The normalized spacial score (nSPS) is 13.4. The maximum atomic E-state index is 15.5. The van der Waals surface area contributed by atoms with Crippen molar-refractivity contribution in [2.45, 2.75) is 79.1 Å². The maximum Gasteiger partial charge on any atom is 0.261 e. The predicted molar refractivity (Wildman–Crippen MR) is 353 cm³/mol. The topological polar surface area (TPSA) is 84.0 Å². The number of hydrogen-bond donors (Lipinski definition) is 0. The predicted octanol–water partition coefficient (Wildman–Crippen LogP) is 17.8. The van der Waals surface area contributed by atoms with Gasteiger partial charge in [-0.1, -0.05) is 89.9 Å². The molecule has 438 valence electrons. The summed E-state index contributed by atoms with van der Waals surface area (Å²) in [6.45, 7) is 9.88. The molecule has 6 aromatic carbocycles. The van der Waals surface area contributed by atoms with Gasteiger partial charge in [0, 0.05) is 58.3 Å². The summed E-state index contributed by atoms with van der Waals surface area (Å²) >= 11 is 3.06. The number of carbonyl (C=O) groups excluding carboxylic acids is 2. The standard InChI is InChI=1S/C74H74N4O6S2/c1-9-13-15-51(11-3)49-75-71(67-47-45-65(85-67)43-21-53-17-23-55(24-18-53)77(57-27-35-61(81-5)36-28-57)58-29-37-62(82-6)38-30-58)69-70(73(75)79)72(76(74(69)80)50-52(12-4)16-14-10-2)68-48-46-66(86-68)44-22-54-19-25-56(26-20-54)78(59-31-39-63(83-7)40-32-59)60-33-41-64(84-8)42-34-60/h17-20,23-42,45-48,51-52H,9-16,49-50H2,1-8H3. The zero-order valence-electron chi connectivity index (χ0n) is 50.4. The summed E-state index contributed by atoms with van der Waals surface area (Å²) in [7, 11) is 6.67. The Kier molecular flexibility index (Phi) is 19.8. The van der Waals surface area contributed by atoms with E-state index >= 15 is 9.59 Å². The average Bonchev–Trinajstić information content (AvgIpc) is 1.81. The van der Waals surface area contributed by atoms with Crippen molar-refractivity contribution in [3.63, 3.8) is 0 Å². The highest BCUT2D eigenvalue weighted by Crippen LogP contribution is 2.50. The van der Waals surface area contributed by atoms with E-state index in [0.717, 1.165) is 139 Å². The SMILES string of the molecule is CCCCC(CC)CN1C(=O)C2=C(c3ccc(C#Cc4ccc(N(c5ccc(OC)cc5)c5ccc(OC)cc5)cc4)s3)N(CC(CC)CCCC)C(=O)C2=C1c1ccc(C#Cc2ccc(N(c3ccc(OC)cc3)c3ccc(OC)cc3)cc2)s1. The zero-order chi connectivity index (χ0) is 60.1. The number of benzene rings is 6. The van der Waals surface area contributed by atoms with Crippen LogP contribution in [-0.2, 0) is 9.59 Å². The number of amides is 2. The van der Waals surface area contributed by atoms with E-state index in [1.54, 1.807) is 28.4 Å². The van der Waals surface area contributed by atoms with Gasteiger partial charge in [0.25, 0.3) is 11.8 Å². The molecule has 86 heavy (non-hydrogen) atoms. The van der Waals surface area contributed by atoms with E-state index in [-0.39, 0.29) is 23.7 Å². The Morgan fingerprint density at radius 3 is 0.953 bits per heavy atom. The highest BCUT2D eigenvalue weighted by Gasteiger charge is 2.50. The molecule has 2 atom stereocenters. The molecule has 8 aromatic rings. The maximum absolute atomic E-state index is 15.5. The Labute approximate surface area is 515 Å². The van der Waals surface area contributed by atoms with Gasteiger partial charge in [0.15, 0.2) is 0 Å². The Morgan fingerprint density at radius 1 is 0.395 bits per heavy atom. The molecular formula is C74H74N4O6S2. The van der Waals surface area contributed by atoms with Crippen molar-refractivity contribution < 1.29 is 28.5 Å². The van der Waals surface area contributed by atoms with Crippen molar-refractivity contribution in [2.24, 2.45) is 11.8 Å². The fraction of sp³-hybridized carbons (Fsp3) is 0.270. The summed E-state index contributed by atoms with van der Waals surface area (Å²) in [5.41, 5.74) is 9.95. The fourth-order valence-corrected chi connectivity index (χ4v) is 13.0. The lowest BCUT2D eigenvalue weighted by molar-refractivity contribution is -0.124. The number of nitrogens with zero attached hydrogens (tertiary/aromatic N) is 4. The van der Waals surface area contributed by atoms with Gasteiger partial charge in [0.1, 0.15) is 23.0 Å². The minimum Gasteiger partial charge on any atom is -0.497 e. The van der Waals surface area contributed by atoms with Crippen LogP contribution in [0.25, 0.3) is 11.4 Å². The Morgan fingerprint density at radius 2 is 0.686 bits per heavy atom. The third-order valence-corrected chi connectivity index (χ3v) is 18.1. The second-order valence-electron chi connectivity index (χ2n) is 21.5. The quantitative estimate of drug-likeness (QED) is 0.0553. The molecule has 0 N–H and O–H groups in total. The van der Waals surface area contributed by atoms with Crippen molar-refractivity contribution >= 4 is 80.0 Å². The number of ether oxygens (including phenoxy) is 4. The summed E-state index contributed by atoms with van der Waals surface area (Å²) in [6, 6.07) is 56.6. The van der Waals surface area contributed by atoms with Crippen molar-refractivity contribution in [3.8, 4) is 46.7 Å². The number of anilines is 6. The Bertz CT molecular complexity index is 3470. The van der Waals surface area contributed by atoms with Crippen LogP contribution in [0, 0.1) is 35.5 Å². The molecular weight excluding hydrogens is 1100 g/mol. The van der Waals surface area contributed by atoms with Crippen molar-refractivity contribution in [1.82, 2.24) is 9.80 Å². The van der Waals surface area contributed by atoms with Crippen LogP contribution in [0.4, 0.5) is 34.1 Å². The lowest BCUT2D eigenvalue weighted by atomic mass is 9.98. The number of methoxy groups -OCH3 is 4. The van der Waals surface area contributed by atoms with Gasteiger partial charge in [0.2, 0.25) is 0 Å². The molecule has 2 unspecified atom stereocenters. The van der Waals surface area contributed by atoms with Gasteiger partial charge in [-0.05, 0) is 195 Å². The minimum atomic E-state index is -0.115. The van der Waals surface area contributed by atoms with Gasteiger partial charge in [-0.2, -0.15) is 0 Å². The highest BCUT2D eigenvalue weighted by molar-refractivity contribution is 7.14. The van der Waals surface area contributed by atoms with Gasteiger partial charge in [-0.3, -0.25) is 9.59 Å². The molecule has 0 aliphatic carbocycles. The molecule has 0 saturated heterocycles. The van der Waals surface area contributed by atoms with Crippen molar-refractivity contribution in [3.05, 3.63) is 212 Å². The number of hydrogen-bond acceptors (Lipinski definition) is 10. The summed E-state index contributed by atoms with van der Waals surface area (Å²) in [5.74, 6) is 17.1. The first-order chi connectivity index (χ1) is 42.1. The van der Waals surface area contributed by atoms with Gasteiger partial charge < -0.3 is 38.5 Å². The van der Waals surface area contributed by atoms with E-state index < -0.39 is 0 Å². The number of carbonyl (C=O) groups is 2. The van der Waals surface area contributed by atoms with Crippen LogP contribution < -0.4 is 28.7 Å². The molecule has 4 heterocycles. The molecule has 10 rings (SSSR count). The molecule has 0 fully saturated rings. The minimum absolute atomic E-state index is 0.115. The van der Waals surface area contributed by atoms with Gasteiger partial charge in [-0.15, -0.1) is 22.7 Å². The lowest BCUT2D eigenvalue weighted by Gasteiger charge is -2.29. The first-order valence-electron chi connectivity index (χ1n) is 29.8. The summed E-state index contributed by atoms with van der Waals surface area (Å²) in [5, 5.41) is 0. The van der Waals surface area contributed by atoms with Crippen LogP contribution in [-0.4, -0.2) is 63.1 Å². The molecule has 0 saturated carbocycles. The second-order valence-corrected chi connectivity index (χ2v) is 23.7. The molecule has 2 aromatic heterocycles. The summed E-state index contributed by atoms with van der Waals surface area (Å²) < 4.78 is 21.9. The van der Waals surface area contributed by atoms with Crippen LogP contribution in [0.2, 0.25) is 0 Å². The Balaban J connectivity index is 0.982. The third-order valence-electron chi connectivity index (χ3n) is 16.1. The molecule has 0 radical (unpaired) electrons. The molecule has 2 aliphatic rings. The van der Waals surface area contributed by atoms with Gasteiger partial charge in [0.05, 0.1) is 70.5 Å². The first kappa shape index (κ1) is 60.2. The number of thiophene rings is 2. The van der Waals surface area contributed by atoms with Gasteiger partial charge >= 0.3 is 0 Å². The van der Waals surface area contributed by atoms with Gasteiger partial charge in [-0.25, -0.2) is 0 Å². The van der Waals surface area contributed by atoms with Crippen LogP contribution in [0.15, 0.2) is 181 Å². The van der Waals surface area contributed by atoms with Crippen molar-refractivity contribution in [2.75, 3.05) is 51.3 Å². The molecule has 0 spiro atoms.